The number of carboxylic acids is 1. The normalized spacial score (nSPS) is 16.6. The molecule has 1 aliphatic carbocycles. The lowest BCUT2D eigenvalue weighted by Gasteiger charge is -2.24. The van der Waals surface area contributed by atoms with Gasteiger partial charge in [0.1, 0.15) is 0 Å². The van der Waals surface area contributed by atoms with E-state index in [4.69, 9.17) is 5.11 Å². The van der Waals surface area contributed by atoms with E-state index in [0.717, 1.165) is 24.0 Å². The summed E-state index contributed by atoms with van der Waals surface area (Å²) in [6.07, 6.45) is 3.45. The second-order valence-corrected chi connectivity index (χ2v) is 6.44. The molecule has 1 aromatic rings. The van der Waals surface area contributed by atoms with Gasteiger partial charge < -0.3 is 10.0 Å². The second-order valence-electron chi connectivity index (χ2n) is 5.52. The molecule has 4 heteroatoms. The van der Waals surface area contributed by atoms with E-state index in [1.165, 1.54) is 18.4 Å². The van der Waals surface area contributed by atoms with Crippen LogP contribution in [0, 0.1) is 0 Å². The predicted octanol–water partition coefficient (Wildman–Crippen LogP) is 3.28. The van der Waals surface area contributed by atoms with E-state index in [1.54, 1.807) is 0 Å². The summed E-state index contributed by atoms with van der Waals surface area (Å²) in [4.78, 5) is 12.8. The van der Waals surface area contributed by atoms with Gasteiger partial charge >= 0.3 is 5.97 Å². The van der Waals surface area contributed by atoms with Crippen LogP contribution in [0.15, 0.2) is 28.7 Å². The van der Waals surface area contributed by atoms with E-state index >= 15 is 0 Å². The van der Waals surface area contributed by atoms with Gasteiger partial charge in [-0.1, -0.05) is 28.1 Å². The van der Waals surface area contributed by atoms with Crippen molar-refractivity contribution in [2.45, 2.75) is 31.1 Å². The summed E-state index contributed by atoms with van der Waals surface area (Å²) in [6, 6.07) is 8.59. The standard InChI is InChI=1S/C15H20BrNO2/c1-17(10-2-3-14(18)19)11-15(8-9-15)12-4-6-13(16)7-5-12/h4-7H,2-3,8-11H2,1H3,(H,18,19). The van der Waals surface area contributed by atoms with Gasteiger partial charge in [-0.2, -0.15) is 0 Å². The molecule has 1 aromatic carbocycles. The number of hydrogen-bond donors (Lipinski definition) is 1. The molecule has 0 saturated heterocycles. The Kier molecular flexibility index (Phi) is 4.63. The van der Waals surface area contributed by atoms with Crippen LogP contribution in [0.3, 0.4) is 0 Å². The van der Waals surface area contributed by atoms with Crippen LogP contribution in [0.5, 0.6) is 0 Å². The molecule has 2 rings (SSSR count). The molecule has 1 aliphatic rings. The van der Waals surface area contributed by atoms with E-state index in [0.29, 0.717) is 5.41 Å². The van der Waals surface area contributed by atoms with Crippen LogP contribution in [-0.4, -0.2) is 36.1 Å². The lowest BCUT2D eigenvalue weighted by atomic mass is 9.95. The molecular weight excluding hydrogens is 306 g/mol. The summed E-state index contributed by atoms with van der Waals surface area (Å²) in [6.45, 7) is 1.87. The number of benzene rings is 1. The van der Waals surface area contributed by atoms with E-state index in [-0.39, 0.29) is 6.42 Å². The molecule has 19 heavy (non-hydrogen) atoms. The molecule has 1 saturated carbocycles. The van der Waals surface area contributed by atoms with E-state index in [9.17, 15) is 4.79 Å². The van der Waals surface area contributed by atoms with Crippen LogP contribution in [0.4, 0.5) is 0 Å². The minimum Gasteiger partial charge on any atom is -0.481 e. The number of rotatable bonds is 7. The number of hydrogen-bond acceptors (Lipinski definition) is 2. The highest BCUT2D eigenvalue weighted by atomic mass is 79.9. The fraction of sp³-hybridized carbons (Fsp3) is 0.533. The van der Waals surface area contributed by atoms with Gasteiger partial charge in [-0.05, 0) is 50.6 Å². The molecule has 0 bridgehead atoms. The highest BCUT2D eigenvalue weighted by Crippen LogP contribution is 2.48. The summed E-state index contributed by atoms with van der Waals surface area (Å²) < 4.78 is 1.11. The van der Waals surface area contributed by atoms with E-state index < -0.39 is 5.97 Å². The summed E-state index contributed by atoms with van der Waals surface area (Å²) in [5.41, 5.74) is 1.71. The Labute approximate surface area is 122 Å². The minimum absolute atomic E-state index is 0.260. The van der Waals surface area contributed by atoms with Crippen molar-refractivity contribution >= 4 is 21.9 Å². The van der Waals surface area contributed by atoms with Gasteiger partial charge in [-0.15, -0.1) is 0 Å². The molecular formula is C15H20BrNO2. The number of carbonyl (C=O) groups is 1. The highest BCUT2D eigenvalue weighted by molar-refractivity contribution is 9.10. The molecule has 104 valence electrons. The number of halogens is 1. The Morgan fingerprint density at radius 2 is 2.00 bits per heavy atom. The number of aliphatic carboxylic acids is 1. The number of nitrogens with zero attached hydrogens (tertiary/aromatic N) is 1. The zero-order valence-corrected chi connectivity index (χ0v) is 12.8. The number of likely N-dealkylation sites (N-methyl/N-ethyl adjacent to an activating group) is 1. The molecule has 0 atom stereocenters. The van der Waals surface area contributed by atoms with Gasteiger partial charge in [-0.25, -0.2) is 0 Å². The Balaban J connectivity index is 1.87. The number of carboxylic acid groups (broad SMARTS) is 1. The van der Waals surface area contributed by atoms with Gasteiger partial charge in [0.05, 0.1) is 0 Å². The van der Waals surface area contributed by atoms with Crippen molar-refractivity contribution in [3.05, 3.63) is 34.3 Å². The molecule has 3 nitrogen and oxygen atoms in total. The topological polar surface area (TPSA) is 40.5 Å². The smallest absolute Gasteiger partial charge is 0.303 e. The fourth-order valence-corrected chi connectivity index (χ4v) is 2.85. The van der Waals surface area contributed by atoms with E-state index in [2.05, 4.69) is 52.1 Å². The van der Waals surface area contributed by atoms with E-state index in [1.807, 2.05) is 0 Å². The zero-order valence-electron chi connectivity index (χ0n) is 11.2. The molecule has 0 amide bonds. The lowest BCUT2D eigenvalue weighted by molar-refractivity contribution is -0.137. The predicted molar refractivity (Wildman–Crippen MR) is 79.4 cm³/mol. The van der Waals surface area contributed by atoms with Crippen LogP contribution in [0.2, 0.25) is 0 Å². The minimum atomic E-state index is -0.706. The maximum atomic E-state index is 10.5. The molecule has 0 heterocycles. The third-order valence-corrected chi connectivity index (χ3v) is 4.34. The van der Waals surface area contributed by atoms with Crippen LogP contribution < -0.4 is 0 Å². The average molecular weight is 326 g/mol. The zero-order chi connectivity index (χ0) is 13.9. The maximum absolute atomic E-state index is 10.5. The Morgan fingerprint density at radius 1 is 1.37 bits per heavy atom. The van der Waals surface area contributed by atoms with Crippen molar-refractivity contribution in [3.8, 4) is 0 Å². The first-order chi connectivity index (χ1) is 9.02. The molecule has 0 spiro atoms. The monoisotopic (exact) mass is 325 g/mol. The third-order valence-electron chi connectivity index (χ3n) is 3.81. The molecule has 1 fully saturated rings. The van der Waals surface area contributed by atoms with Crippen molar-refractivity contribution in [3.63, 3.8) is 0 Å². The maximum Gasteiger partial charge on any atom is 0.303 e. The summed E-state index contributed by atoms with van der Waals surface area (Å²) in [5, 5.41) is 8.65. The average Bonchev–Trinajstić information content (AvgIpc) is 3.10. The molecule has 0 radical (unpaired) electrons. The van der Waals surface area contributed by atoms with Crippen molar-refractivity contribution < 1.29 is 9.90 Å². The molecule has 0 aromatic heterocycles. The van der Waals surface area contributed by atoms with Gasteiger partial charge in [0.15, 0.2) is 0 Å². The first kappa shape index (κ1) is 14.5. The van der Waals surface area contributed by atoms with Crippen LogP contribution >= 0.6 is 15.9 Å². The largest absolute Gasteiger partial charge is 0.481 e. The molecule has 1 N–H and O–H groups in total. The summed E-state index contributed by atoms with van der Waals surface area (Å²) >= 11 is 3.47. The fourth-order valence-electron chi connectivity index (χ4n) is 2.59. The SMILES string of the molecule is CN(CCCC(=O)O)CC1(c2ccc(Br)cc2)CC1. The van der Waals surface area contributed by atoms with Crippen LogP contribution in [0.25, 0.3) is 0 Å². The van der Waals surface area contributed by atoms with Crippen molar-refractivity contribution in [1.29, 1.82) is 0 Å². The Bertz CT molecular complexity index is 440. The summed E-state index contributed by atoms with van der Waals surface area (Å²) in [7, 11) is 2.08. The second kappa shape index (κ2) is 6.06. The Hall–Kier alpha value is -0.870. The molecule has 0 unspecified atom stereocenters. The van der Waals surface area contributed by atoms with Gasteiger partial charge in [0.25, 0.3) is 0 Å². The van der Waals surface area contributed by atoms with Crippen molar-refractivity contribution in [2.24, 2.45) is 0 Å². The molecule has 0 aliphatic heterocycles. The quantitative estimate of drug-likeness (QED) is 0.836. The van der Waals surface area contributed by atoms with Crippen LogP contribution in [0.1, 0.15) is 31.2 Å². The lowest BCUT2D eigenvalue weighted by Crippen LogP contribution is -2.30. The van der Waals surface area contributed by atoms with Gasteiger partial charge in [0, 0.05) is 22.9 Å². The van der Waals surface area contributed by atoms with Gasteiger partial charge in [0.2, 0.25) is 0 Å². The summed E-state index contributed by atoms with van der Waals surface area (Å²) in [5.74, 6) is -0.706. The first-order valence-electron chi connectivity index (χ1n) is 6.68. The third kappa shape index (κ3) is 4.05. The van der Waals surface area contributed by atoms with Crippen molar-refractivity contribution in [2.75, 3.05) is 20.1 Å². The Morgan fingerprint density at radius 3 is 2.53 bits per heavy atom. The van der Waals surface area contributed by atoms with Crippen LogP contribution in [-0.2, 0) is 10.2 Å². The van der Waals surface area contributed by atoms with Gasteiger partial charge in [-0.3, -0.25) is 4.79 Å². The first-order valence-corrected chi connectivity index (χ1v) is 7.47. The van der Waals surface area contributed by atoms with Crippen molar-refractivity contribution in [1.82, 2.24) is 4.90 Å². The highest BCUT2D eigenvalue weighted by Gasteiger charge is 2.44.